The van der Waals surface area contributed by atoms with Crippen molar-refractivity contribution in [2.75, 3.05) is 6.54 Å². The third kappa shape index (κ3) is 3.90. The Kier molecular flexibility index (Phi) is 5.55. The van der Waals surface area contributed by atoms with Crippen molar-refractivity contribution in [1.29, 1.82) is 0 Å². The van der Waals surface area contributed by atoms with E-state index >= 15 is 0 Å². The molecule has 1 unspecified atom stereocenters. The van der Waals surface area contributed by atoms with Gasteiger partial charge >= 0.3 is 0 Å². The molecule has 4 aromatic rings. The van der Waals surface area contributed by atoms with Gasteiger partial charge in [0.2, 0.25) is 5.91 Å². The van der Waals surface area contributed by atoms with Crippen LogP contribution in [0.1, 0.15) is 53.4 Å². The zero-order valence-electron chi connectivity index (χ0n) is 19.8. The molecule has 1 amide bonds. The summed E-state index contributed by atoms with van der Waals surface area (Å²) in [6, 6.07) is 7.97. The normalized spacial score (nSPS) is 17.7. The molecule has 2 aliphatic heterocycles. The average molecular weight is 508 g/mol. The highest BCUT2D eigenvalue weighted by Gasteiger charge is 2.34. The molecule has 0 spiro atoms. The minimum Gasteiger partial charge on any atom is -0.483 e. The number of nitrogens with zero attached hydrogens (tertiary/aromatic N) is 3. The van der Waals surface area contributed by atoms with Crippen molar-refractivity contribution < 1.29 is 9.53 Å². The number of ether oxygens (including phenoxy) is 1. The first kappa shape index (κ1) is 22.5. The van der Waals surface area contributed by atoms with Crippen LogP contribution >= 0.6 is 22.9 Å². The Morgan fingerprint density at radius 1 is 1.34 bits per heavy atom. The molecule has 0 saturated heterocycles. The van der Waals surface area contributed by atoms with E-state index in [1.54, 1.807) is 11.3 Å². The maximum absolute atomic E-state index is 11.6. The summed E-state index contributed by atoms with van der Waals surface area (Å²) in [5.74, 6) is 0.818. The van der Waals surface area contributed by atoms with Crippen molar-refractivity contribution in [2.45, 2.75) is 45.4 Å². The molecule has 2 atom stereocenters. The Labute approximate surface area is 212 Å². The smallest absolute Gasteiger partial charge is 0.217 e. The van der Waals surface area contributed by atoms with Crippen LogP contribution in [0.4, 0.5) is 0 Å². The van der Waals surface area contributed by atoms with Gasteiger partial charge in [0, 0.05) is 78.3 Å². The minimum absolute atomic E-state index is 0.0530. The number of carbonyl (C=O) groups excluding carboxylic acids is 1. The van der Waals surface area contributed by atoms with E-state index in [9.17, 15) is 4.79 Å². The van der Waals surface area contributed by atoms with E-state index in [4.69, 9.17) is 21.4 Å². The second-order valence-corrected chi connectivity index (χ2v) is 10.8. The number of aryl methyl sites for hydroxylation is 1. The number of carbonyl (C=O) groups is 1. The fraction of sp³-hybridized carbons (Fsp3) is 0.346. The fourth-order valence-corrected chi connectivity index (χ4v) is 6.68. The lowest BCUT2D eigenvalue weighted by Gasteiger charge is -2.17. The Morgan fingerprint density at radius 3 is 3.03 bits per heavy atom. The molecule has 2 aliphatic rings. The number of fused-ring (bicyclic) bond motifs is 3. The number of halogens is 1. The highest BCUT2D eigenvalue weighted by molar-refractivity contribution is 7.19. The topological polar surface area (TPSA) is 81.1 Å². The third-order valence-electron chi connectivity index (χ3n) is 6.79. The summed E-state index contributed by atoms with van der Waals surface area (Å²) in [7, 11) is 2.00. The van der Waals surface area contributed by atoms with Gasteiger partial charge in [0.15, 0.2) is 0 Å². The van der Waals surface area contributed by atoms with Gasteiger partial charge in [-0.3, -0.25) is 14.5 Å². The van der Waals surface area contributed by atoms with Gasteiger partial charge in [-0.1, -0.05) is 11.6 Å². The predicted molar refractivity (Wildman–Crippen MR) is 138 cm³/mol. The monoisotopic (exact) mass is 507 g/mol. The van der Waals surface area contributed by atoms with Crippen molar-refractivity contribution in [3.05, 3.63) is 62.9 Å². The second kappa shape index (κ2) is 8.62. The van der Waals surface area contributed by atoms with E-state index in [1.807, 2.05) is 49.1 Å². The van der Waals surface area contributed by atoms with Gasteiger partial charge in [-0.05, 0) is 31.2 Å². The number of benzene rings is 1. The molecule has 35 heavy (non-hydrogen) atoms. The zero-order valence-corrected chi connectivity index (χ0v) is 21.4. The summed E-state index contributed by atoms with van der Waals surface area (Å²) >= 11 is 8.26. The number of rotatable bonds is 4. The van der Waals surface area contributed by atoms with E-state index in [-0.39, 0.29) is 18.1 Å². The second-order valence-electron chi connectivity index (χ2n) is 9.26. The number of thiophene rings is 1. The van der Waals surface area contributed by atoms with Gasteiger partial charge in [-0.15, -0.1) is 11.3 Å². The molecule has 0 bridgehead atoms. The Balaban J connectivity index is 1.42. The molecule has 1 aromatic carbocycles. The number of nitrogens with one attached hydrogen (secondary N) is 2. The maximum atomic E-state index is 11.6. The van der Waals surface area contributed by atoms with Crippen LogP contribution < -0.4 is 15.4 Å². The zero-order chi connectivity index (χ0) is 24.3. The van der Waals surface area contributed by atoms with Crippen LogP contribution in [-0.4, -0.2) is 27.2 Å². The number of aromatic nitrogens is 3. The molecule has 2 N–H and O–H groups in total. The maximum Gasteiger partial charge on any atom is 0.217 e. The van der Waals surface area contributed by atoms with Gasteiger partial charge in [-0.25, -0.2) is 0 Å². The Bertz CT molecular complexity index is 1480. The van der Waals surface area contributed by atoms with Crippen LogP contribution in [0, 0.1) is 0 Å². The number of pyridine rings is 1. The molecule has 0 aliphatic carbocycles. The molecule has 0 saturated carbocycles. The van der Waals surface area contributed by atoms with E-state index in [0.29, 0.717) is 5.02 Å². The highest BCUT2D eigenvalue weighted by atomic mass is 35.5. The molecular weight excluding hydrogens is 482 g/mol. The van der Waals surface area contributed by atoms with Crippen molar-refractivity contribution in [1.82, 2.24) is 25.4 Å². The molecule has 5 heterocycles. The lowest BCUT2D eigenvalue weighted by atomic mass is 9.98. The van der Waals surface area contributed by atoms with Crippen molar-refractivity contribution in [2.24, 2.45) is 7.05 Å². The Morgan fingerprint density at radius 2 is 2.20 bits per heavy atom. The summed E-state index contributed by atoms with van der Waals surface area (Å²) < 4.78 is 9.71. The lowest BCUT2D eigenvalue weighted by molar-refractivity contribution is -0.119. The van der Waals surface area contributed by atoms with E-state index in [0.717, 1.165) is 74.9 Å². The summed E-state index contributed by atoms with van der Waals surface area (Å²) in [4.78, 5) is 17.2. The van der Waals surface area contributed by atoms with E-state index < -0.39 is 0 Å². The molecule has 0 radical (unpaired) electrons. The van der Waals surface area contributed by atoms with Crippen molar-refractivity contribution >= 4 is 39.1 Å². The number of amides is 1. The first-order chi connectivity index (χ1) is 16.9. The van der Waals surface area contributed by atoms with Crippen molar-refractivity contribution in [3.8, 4) is 16.9 Å². The van der Waals surface area contributed by atoms with Gasteiger partial charge in [-0.2, -0.15) is 5.10 Å². The number of hydrogen-bond acceptors (Lipinski definition) is 6. The lowest BCUT2D eigenvalue weighted by Crippen LogP contribution is -2.24. The van der Waals surface area contributed by atoms with Gasteiger partial charge in [0.05, 0.1) is 27.6 Å². The highest BCUT2D eigenvalue weighted by Crippen LogP contribution is 2.48. The van der Waals surface area contributed by atoms with Crippen LogP contribution in [0.5, 0.6) is 5.75 Å². The van der Waals surface area contributed by atoms with E-state index in [2.05, 4.69) is 15.6 Å². The van der Waals surface area contributed by atoms with Gasteiger partial charge < -0.3 is 15.4 Å². The molecule has 180 valence electrons. The molecule has 6 rings (SSSR count). The quantitative estimate of drug-likeness (QED) is 0.412. The van der Waals surface area contributed by atoms with Crippen LogP contribution in [0.2, 0.25) is 5.02 Å². The average Bonchev–Trinajstić information content (AvgIpc) is 3.51. The van der Waals surface area contributed by atoms with E-state index in [1.165, 1.54) is 12.5 Å². The van der Waals surface area contributed by atoms with Crippen LogP contribution in [0.25, 0.3) is 21.3 Å². The summed E-state index contributed by atoms with van der Waals surface area (Å²) in [6.07, 6.45) is 3.39. The number of hydrogen-bond donors (Lipinski definition) is 2. The molecule has 9 heteroatoms. The molecule has 7 nitrogen and oxygen atoms in total. The molecule has 3 aromatic heterocycles. The van der Waals surface area contributed by atoms with Gasteiger partial charge in [0.25, 0.3) is 0 Å². The molecular formula is C26H26ClN5O2S. The predicted octanol–water partition coefficient (Wildman–Crippen LogP) is 4.87. The Hall–Kier alpha value is -2.94. The first-order valence-electron chi connectivity index (χ1n) is 11.8. The SMILES string of the molecule is CC(=O)NC(C)c1cc2nccc(-c3cc(Cl)cc4c3O[C@@H](c3c5c(nn3C)CCNC5)C4)c2s1. The summed E-state index contributed by atoms with van der Waals surface area (Å²) in [5.41, 5.74) is 7.55. The van der Waals surface area contributed by atoms with Crippen LogP contribution in [-0.2, 0) is 31.2 Å². The first-order valence-corrected chi connectivity index (χ1v) is 13.0. The largest absolute Gasteiger partial charge is 0.483 e. The summed E-state index contributed by atoms with van der Waals surface area (Å²) in [5, 5.41) is 11.9. The fourth-order valence-electron chi connectivity index (χ4n) is 5.29. The van der Waals surface area contributed by atoms with Crippen molar-refractivity contribution in [3.63, 3.8) is 0 Å². The molecule has 0 fully saturated rings. The standard InChI is InChI=1S/C26H26ClN5O2S/c1-13(30-14(2)33)23-11-21-26(35-23)17(4-7-29-21)18-10-16(27)8-15-9-22(34-25(15)18)24-19-12-28-6-5-20(19)31-32(24)3/h4,7-8,10-11,13,22,28H,5-6,9,12H2,1-3H3,(H,30,33)/t13?,22-/m1/s1. The summed E-state index contributed by atoms with van der Waals surface area (Å²) in [6.45, 7) is 5.29. The minimum atomic E-state index is -0.112. The van der Waals surface area contributed by atoms with Gasteiger partial charge in [0.1, 0.15) is 11.9 Å². The van der Waals surface area contributed by atoms with Crippen LogP contribution in [0.15, 0.2) is 30.5 Å². The van der Waals surface area contributed by atoms with Crippen LogP contribution in [0.3, 0.4) is 0 Å². The third-order valence-corrected chi connectivity index (χ3v) is 8.34.